The Morgan fingerprint density at radius 2 is 2.32 bits per heavy atom. The Morgan fingerprint density at radius 1 is 1.53 bits per heavy atom. The molecule has 0 spiro atoms. The lowest BCUT2D eigenvalue weighted by Gasteiger charge is -2.09. The normalized spacial score (nSPS) is 10.4. The molecule has 0 fully saturated rings. The average Bonchev–Trinajstić information content (AvgIpc) is 2.77. The number of carbonyl (C=O) groups is 1. The van der Waals surface area contributed by atoms with E-state index in [0.29, 0.717) is 23.9 Å². The molecule has 6 heteroatoms. The second-order valence-electron chi connectivity index (χ2n) is 3.97. The van der Waals surface area contributed by atoms with Crippen molar-refractivity contribution in [3.8, 4) is 5.75 Å². The number of carboxylic acids is 1. The number of aryl methyl sites for hydroxylation is 1. The highest BCUT2D eigenvalue weighted by Crippen LogP contribution is 2.25. The van der Waals surface area contributed by atoms with Crippen molar-refractivity contribution in [3.63, 3.8) is 0 Å². The number of aromatic carboxylic acids is 1. The number of ether oxygens (including phenoxy) is 1. The third kappa shape index (κ3) is 3.26. The van der Waals surface area contributed by atoms with Gasteiger partial charge in [-0.15, -0.1) is 0 Å². The lowest BCUT2D eigenvalue weighted by molar-refractivity contribution is 0.0697. The van der Waals surface area contributed by atoms with E-state index in [4.69, 9.17) is 21.4 Å². The quantitative estimate of drug-likeness (QED) is 0.914. The minimum absolute atomic E-state index is 0.141. The summed E-state index contributed by atoms with van der Waals surface area (Å²) in [6.45, 7) is 3.00. The molecule has 1 aromatic heterocycles. The molecule has 0 amide bonds. The number of hydrogen-bond donors (Lipinski definition) is 1. The van der Waals surface area contributed by atoms with Crippen LogP contribution in [-0.2, 0) is 6.54 Å². The molecule has 100 valence electrons. The summed E-state index contributed by atoms with van der Waals surface area (Å²) in [6.07, 6.45) is 3.60. The molecule has 0 radical (unpaired) electrons. The van der Waals surface area contributed by atoms with Crippen molar-refractivity contribution in [1.82, 2.24) is 9.55 Å². The van der Waals surface area contributed by atoms with Crippen molar-refractivity contribution >= 4 is 17.6 Å². The van der Waals surface area contributed by atoms with Gasteiger partial charge in [0.1, 0.15) is 18.2 Å². The van der Waals surface area contributed by atoms with Gasteiger partial charge in [-0.1, -0.05) is 11.6 Å². The molecule has 0 aliphatic carbocycles. The van der Waals surface area contributed by atoms with Gasteiger partial charge in [0.2, 0.25) is 0 Å². The van der Waals surface area contributed by atoms with Crippen molar-refractivity contribution < 1.29 is 14.6 Å². The van der Waals surface area contributed by atoms with Gasteiger partial charge in [-0.3, -0.25) is 0 Å². The van der Waals surface area contributed by atoms with E-state index in [0.717, 1.165) is 5.82 Å². The van der Waals surface area contributed by atoms with E-state index in [1.54, 1.807) is 12.3 Å². The summed E-state index contributed by atoms with van der Waals surface area (Å²) in [7, 11) is 0. The standard InChI is InChI=1S/C13H13ClN2O3/c1-9-15-4-5-16(9)6-7-19-12-3-2-10(13(17)18)8-11(12)14/h2-5,8H,6-7H2,1H3,(H,17,18). The maximum Gasteiger partial charge on any atom is 0.335 e. The summed E-state index contributed by atoms with van der Waals surface area (Å²) in [5, 5.41) is 9.12. The van der Waals surface area contributed by atoms with Gasteiger partial charge in [0, 0.05) is 12.4 Å². The van der Waals surface area contributed by atoms with Crippen LogP contribution in [0.15, 0.2) is 30.6 Å². The summed E-state index contributed by atoms with van der Waals surface area (Å²) in [4.78, 5) is 14.9. The third-order valence-corrected chi connectivity index (χ3v) is 2.99. The fourth-order valence-corrected chi connectivity index (χ4v) is 1.88. The fraction of sp³-hybridized carbons (Fsp3) is 0.231. The van der Waals surface area contributed by atoms with Crippen LogP contribution in [0.1, 0.15) is 16.2 Å². The summed E-state index contributed by atoms with van der Waals surface area (Å²) < 4.78 is 7.48. The predicted octanol–water partition coefficient (Wildman–Crippen LogP) is 2.62. The van der Waals surface area contributed by atoms with Gasteiger partial charge in [0.25, 0.3) is 0 Å². The Bertz CT molecular complexity index is 595. The number of nitrogens with zero attached hydrogens (tertiary/aromatic N) is 2. The molecule has 0 aliphatic heterocycles. The molecule has 0 saturated carbocycles. The van der Waals surface area contributed by atoms with Gasteiger partial charge in [0.15, 0.2) is 0 Å². The minimum Gasteiger partial charge on any atom is -0.490 e. The molecule has 0 saturated heterocycles. The zero-order valence-electron chi connectivity index (χ0n) is 10.3. The number of aromatic nitrogens is 2. The molecule has 2 rings (SSSR count). The molecule has 1 N–H and O–H groups in total. The molecule has 5 nitrogen and oxygen atoms in total. The maximum atomic E-state index is 10.8. The van der Waals surface area contributed by atoms with Crippen LogP contribution < -0.4 is 4.74 Å². The second kappa shape index (κ2) is 5.75. The van der Waals surface area contributed by atoms with Gasteiger partial charge in [-0.2, -0.15) is 0 Å². The topological polar surface area (TPSA) is 64.4 Å². The highest BCUT2D eigenvalue weighted by molar-refractivity contribution is 6.32. The number of rotatable bonds is 5. The molecule has 0 bridgehead atoms. The van der Waals surface area contributed by atoms with Crippen molar-refractivity contribution in [2.75, 3.05) is 6.61 Å². The molecule has 0 atom stereocenters. The van der Waals surface area contributed by atoms with E-state index in [-0.39, 0.29) is 5.56 Å². The highest BCUT2D eigenvalue weighted by atomic mass is 35.5. The van der Waals surface area contributed by atoms with Gasteiger partial charge < -0.3 is 14.4 Å². The van der Waals surface area contributed by atoms with Crippen LogP contribution >= 0.6 is 11.6 Å². The lowest BCUT2D eigenvalue weighted by atomic mass is 10.2. The smallest absolute Gasteiger partial charge is 0.335 e. The molecule has 1 aromatic carbocycles. The van der Waals surface area contributed by atoms with E-state index < -0.39 is 5.97 Å². The van der Waals surface area contributed by atoms with Gasteiger partial charge >= 0.3 is 5.97 Å². The Balaban J connectivity index is 1.96. The molecule has 19 heavy (non-hydrogen) atoms. The monoisotopic (exact) mass is 280 g/mol. The van der Waals surface area contributed by atoms with Crippen LogP contribution in [0.2, 0.25) is 5.02 Å². The zero-order chi connectivity index (χ0) is 13.8. The molecule has 1 heterocycles. The second-order valence-corrected chi connectivity index (χ2v) is 4.37. The van der Waals surface area contributed by atoms with Crippen LogP contribution in [0.3, 0.4) is 0 Å². The van der Waals surface area contributed by atoms with Gasteiger partial charge in [-0.05, 0) is 25.1 Å². The van der Waals surface area contributed by atoms with Gasteiger partial charge in [-0.25, -0.2) is 9.78 Å². The summed E-state index contributed by atoms with van der Waals surface area (Å²) in [6, 6.07) is 4.40. The average molecular weight is 281 g/mol. The first-order valence-corrected chi connectivity index (χ1v) is 6.09. The Labute approximate surface area is 115 Å². The van der Waals surface area contributed by atoms with Crippen LogP contribution in [-0.4, -0.2) is 27.2 Å². The Kier molecular flexibility index (Phi) is 4.06. The van der Waals surface area contributed by atoms with Crippen molar-refractivity contribution in [1.29, 1.82) is 0 Å². The van der Waals surface area contributed by atoms with E-state index >= 15 is 0 Å². The molecule has 2 aromatic rings. The Morgan fingerprint density at radius 3 is 2.89 bits per heavy atom. The minimum atomic E-state index is -1.01. The predicted molar refractivity (Wildman–Crippen MR) is 70.9 cm³/mol. The number of halogens is 1. The lowest BCUT2D eigenvalue weighted by Crippen LogP contribution is -2.09. The van der Waals surface area contributed by atoms with Crippen LogP contribution in [0, 0.1) is 6.92 Å². The first-order chi connectivity index (χ1) is 9.08. The molecular weight excluding hydrogens is 268 g/mol. The fourth-order valence-electron chi connectivity index (χ4n) is 1.64. The molecular formula is C13H13ClN2O3. The van der Waals surface area contributed by atoms with E-state index in [9.17, 15) is 4.79 Å². The first kappa shape index (κ1) is 13.4. The number of hydrogen-bond acceptors (Lipinski definition) is 3. The number of carboxylic acid groups (broad SMARTS) is 1. The van der Waals surface area contributed by atoms with E-state index in [1.165, 1.54) is 12.1 Å². The van der Waals surface area contributed by atoms with Crippen molar-refractivity contribution in [3.05, 3.63) is 47.0 Å². The van der Waals surface area contributed by atoms with E-state index in [1.807, 2.05) is 17.7 Å². The van der Waals surface area contributed by atoms with Crippen LogP contribution in [0.25, 0.3) is 0 Å². The zero-order valence-corrected chi connectivity index (χ0v) is 11.1. The number of benzene rings is 1. The van der Waals surface area contributed by atoms with E-state index in [2.05, 4.69) is 4.98 Å². The van der Waals surface area contributed by atoms with Crippen LogP contribution in [0.5, 0.6) is 5.75 Å². The highest BCUT2D eigenvalue weighted by Gasteiger charge is 2.08. The SMILES string of the molecule is Cc1nccn1CCOc1ccc(C(=O)O)cc1Cl. The van der Waals surface area contributed by atoms with Gasteiger partial charge in [0.05, 0.1) is 17.1 Å². The van der Waals surface area contributed by atoms with Crippen molar-refractivity contribution in [2.24, 2.45) is 0 Å². The number of imidazole rings is 1. The molecule has 0 unspecified atom stereocenters. The summed E-state index contributed by atoms with van der Waals surface area (Å²) in [5.74, 6) is 0.378. The summed E-state index contributed by atoms with van der Waals surface area (Å²) >= 11 is 5.96. The molecule has 0 aliphatic rings. The van der Waals surface area contributed by atoms with Crippen molar-refractivity contribution in [2.45, 2.75) is 13.5 Å². The summed E-state index contributed by atoms with van der Waals surface area (Å²) in [5.41, 5.74) is 0.141. The first-order valence-electron chi connectivity index (χ1n) is 5.71. The Hall–Kier alpha value is -2.01. The van der Waals surface area contributed by atoms with Crippen LogP contribution in [0.4, 0.5) is 0 Å². The largest absolute Gasteiger partial charge is 0.490 e. The third-order valence-electron chi connectivity index (χ3n) is 2.69. The maximum absolute atomic E-state index is 10.8.